The molecule has 0 saturated carbocycles. The van der Waals surface area contributed by atoms with Crippen LogP contribution in [0.25, 0.3) is 10.9 Å². The third-order valence-corrected chi connectivity index (χ3v) is 4.68. The van der Waals surface area contributed by atoms with E-state index in [0.29, 0.717) is 19.2 Å². The van der Waals surface area contributed by atoms with Crippen LogP contribution >= 0.6 is 0 Å². The molecule has 2 aromatic rings. The molecule has 0 radical (unpaired) electrons. The Morgan fingerprint density at radius 3 is 2.96 bits per heavy atom. The minimum absolute atomic E-state index is 0.379. The molecule has 1 aromatic carbocycles. The van der Waals surface area contributed by atoms with Gasteiger partial charge in [-0.3, -0.25) is 0 Å². The lowest BCUT2D eigenvalue weighted by molar-refractivity contribution is 0.0310. The smallest absolute Gasteiger partial charge is 0.0900 e. The predicted molar refractivity (Wildman–Crippen MR) is 92.5 cm³/mol. The number of nitrogens with one attached hydrogen (secondary N) is 2. The summed E-state index contributed by atoms with van der Waals surface area (Å²) in [6, 6.07) is 9.11. The average Bonchev–Trinajstić information content (AvgIpc) is 3.03. The molecule has 5 nitrogen and oxygen atoms in total. The number of ether oxygens (including phenoxy) is 1. The van der Waals surface area contributed by atoms with Crippen molar-refractivity contribution < 1.29 is 9.84 Å². The second kappa shape index (κ2) is 7.93. The standard InChI is InChI=1S/C18H27N3O2/c1-23-13-16(22)12-21-9-6-15(7-10-21)20-11-14-3-2-4-18-17(14)5-8-19-18/h2-5,8,15-16,19-20,22H,6-7,9-13H2,1H3. The molecule has 5 heteroatoms. The van der Waals surface area contributed by atoms with Gasteiger partial charge in [0.15, 0.2) is 0 Å². The number of aromatic nitrogens is 1. The van der Waals surface area contributed by atoms with Gasteiger partial charge in [-0.15, -0.1) is 0 Å². The number of rotatable bonds is 7. The van der Waals surface area contributed by atoms with E-state index in [1.807, 2.05) is 6.20 Å². The Balaban J connectivity index is 1.45. The van der Waals surface area contributed by atoms with Gasteiger partial charge in [-0.05, 0) is 43.6 Å². The molecular weight excluding hydrogens is 290 g/mol. The van der Waals surface area contributed by atoms with Crippen molar-refractivity contribution in [3.63, 3.8) is 0 Å². The Bertz CT molecular complexity index is 605. The van der Waals surface area contributed by atoms with Gasteiger partial charge >= 0.3 is 0 Å². The lowest BCUT2D eigenvalue weighted by Gasteiger charge is -2.33. The molecule has 3 N–H and O–H groups in total. The number of methoxy groups -OCH3 is 1. The lowest BCUT2D eigenvalue weighted by Crippen LogP contribution is -2.45. The van der Waals surface area contributed by atoms with Gasteiger partial charge in [0.25, 0.3) is 0 Å². The number of piperidine rings is 1. The van der Waals surface area contributed by atoms with Crippen LogP contribution in [0.3, 0.4) is 0 Å². The monoisotopic (exact) mass is 317 g/mol. The summed E-state index contributed by atoms with van der Waals surface area (Å²) >= 11 is 0. The number of aromatic amines is 1. The van der Waals surface area contributed by atoms with Crippen molar-refractivity contribution in [2.75, 3.05) is 33.4 Å². The number of aliphatic hydroxyl groups excluding tert-OH is 1. The zero-order valence-electron chi connectivity index (χ0n) is 13.8. The maximum absolute atomic E-state index is 9.81. The van der Waals surface area contributed by atoms with E-state index in [4.69, 9.17) is 4.74 Å². The summed E-state index contributed by atoms with van der Waals surface area (Å²) in [5, 5.41) is 14.8. The third-order valence-electron chi connectivity index (χ3n) is 4.68. The molecule has 3 rings (SSSR count). The molecule has 1 atom stereocenters. The van der Waals surface area contributed by atoms with Crippen LogP contribution in [0, 0.1) is 0 Å². The molecule has 1 aliphatic rings. The number of H-pyrrole nitrogens is 1. The molecule has 1 aromatic heterocycles. The molecule has 2 heterocycles. The molecule has 0 spiro atoms. The van der Waals surface area contributed by atoms with Crippen molar-refractivity contribution in [1.29, 1.82) is 0 Å². The van der Waals surface area contributed by atoms with Crippen molar-refractivity contribution in [2.24, 2.45) is 0 Å². The fraction of sp³-hybridized carbons (Fsp3) is 0.556. The first-order chi connectivity index (χ1) is 11.3. The number of nitrogens with zero attached hydrogens (tertiary/aromatic N) is 1. The molecule has 0 bridgehead atoms. The van der Waals surface area contributed by atoms with Crippen molar-refractivity contribution in [3.05, 3.63) is 36.0 Å². The van der Waals surface area contributed by atoms with Gasteiger partial charge in [0.05, 0.1) is 12.7 Å². The van der Waals surface area contributed by atoms with Crippen LogP contribution in [0.1, 0.15) is 18.4 Å². The third kappa shape index (κ3) is 4.32. The quantitative estimate of drug-likeness (QED) is 0.728. The van der Waals surface area contributed by atoms with Crippen molar-refractivity contribution in [3.8, 4) is 0 Å². The molecule has 0 amide bonds. The summed E-state index contributed by atoms with van der Waals surface area (Å²) in [7, 11) is 1.63. The van der Waals surface area contributed by atoms with E-state index in [9.17, 15) is 5.11 Å². The number of benzene rings is 1. The second-order valence-corrected chi connectivity index (χ2v) is 6.42. The van der Waals surface area contributed by atoms with E-state index >= 15 is 0 Å². The van der Waals surface area contributed by atoms with Crippen molar-refractivity contribution in [2.45, 2.75) is 31.5 Å². The average molecular weight is 317 g/mol. The van der Waals surface area contributed by atoms with Gasteiger partial charge in [0, 0.05) is 43.3 Å². The molecule has 126 valence electrons. The second-order valence-electron chi connectivity index (χ2n) is 6.42. The van der Waals surface area contributed by atoms with E-state index in [0.717, 1.165) is 32.5 Å². The molecule has 1 unspecified atom stereocenters. The Kier molecular flexibility index (Phi) is 5.67. The fourth-order valence-electron chi connectivity index (χ4n) is 3.42. The number of hydrogen-bond acceptors (Lipinski definition) is 4. The number of likely N-dealkylation sites (tertiary alicyclic amines) is 1. The largest absolute Gasteiger partial charge is 0.389 e. The van der Waals surface area contributed by atoms with E-state index in [-0.39, 0.29) is 6.10 Å². The van der Waals surface area contributed by atoms with E-state index in [1.165, 1.54) is 16.5 Å². The molecule has 23 heavy (non-hydrogen) atoms. The van der Waals surface area contributed by atoms with Crippen LogP contribution in [0.15, 0.2) is 30.5 Å². The summed E-state index contributed by atoms with van der Waals surface area (Å²) in [5.41, 5.74) is 2.55. The van der Waals surface area contributed by atoms with Gasteiger partial charge in [-0.1, -0.05) is 12.1 Å². The molecule has 1 fully saturated rings. The van der Waals surface area contributed by atoms with Gasteiger partial charge in [0.2, 0.25) is 0 Å². The summed E-state index contributed by atoms with van der Waals surface area (Å²) in [4.78, 5) is 5.59. The van der Waals surface area contributed by atoms with Crippen LogP contribution in [-0.4, -0.2) is 60.5 Å². The van der Waals surface area contributed by atoms with Crippen molar-refractivity contribution >= 4 is 10.9 Å². The zero-order chi connectivity index (χ0) is 16.1. The molecule has 1 saturated heterocycles. The fourth-order valence-corrected chi connectivity index (χ4v) is 3.42. The Morgan fingerprint density at radius 2 is 2.17 bits per heavy atom. The highest BCUT2D eigenvalue weighted by molar-refractivity contribution is 5.82. The van der Waals surface area contributed by atoms with Crippen LogP contribution < -0.4 is 5.32 Å². The highest BCUT2D eigenvalue weighted by atomic mass is 16.5. The van der Waals surface area contributed by atoms with Gasteiger partial charge in [0.1, 0.15) is 0 Å². The number of β-amino-alcohol motifs (C(OH)–C–C–N with tert-alkyl or cyclic N) is 1. The Labute approximate surface area is 137 Å². The number of aliphatic hydroxyl groups is 1. The molecule has 0 aliphatic carbocycles. The van der Waals surface area contributed by atoms with Crippen LogP contribution in [0.5, 0.6) is 0 Å². The minimum Gasteiger partial charge on any atom is -0.389 e. The van der Waals surface area contributed by atoms with Gasteiger partial charge in [-0.25, -0.2) is 0 Å². The van der Waals surface area contributed by atoms with Gasteiger partial charge in [-0.2, -0.15) is 0 Å². The van der Waals surface area contributed by atoms with Gasteiger partial charge < -0.3 is 25.0 Å². The van der Waals surface area contributed by atoms with E-state index < -0.39 is 0 Å². The predicted octanol–water partition coefficient (Wildman–Crippen LogP) is 1.73. The lowest BCUT2D eigenvalue weighted by atomic mass is 10.0. The zero-order valence-corrected chi connectivity index (χ0v) is 13.8. The summed E-state index contributed by atoms with van der Waals surface area (Å²) < 4.78 is 4.99. The highest BCUT2D eigenvalue weighted by Gasteiger charge is 2.20. The summed E-state index contributed by atoms with van der Waals surface area (Å²) in [5.74, 6) is 0. The van der Waals surface area contributed by atoms with Crippen LogP contribution in [-0.2, 0) is 11.3 Å². The topological polar surface area (TPSA) is 60.5 Å². The Hall–Kier alpha value is -1.40. The normalized spacial score (nSPS) is 18.5. The number of hydrogen-bond donors (Lipinski definition) is 3. The maximum atomic E-state index is 9.81. The van der Waals surface area contributed by atoms with Crippen LogP contribution in [0.4, 0.5) is 0 Å². The first-order valence-corrected chi connectivity index (χ1v) is 8.44. The maximum Gasteiger partial charge on any atom is 0.0900 e. The highest BCUT2D eigenvalue weighted by Crippen LogP contribution is 2.18. The van der Waals surface area contributed by atoms with E-state index in [2.05, 4.69) is 39.5 Å². The molecule has 1 aliphatic heterocycles. The van der Waals surface area contributed by atoms with Crippen molar-refractivity contribution in [1.82, 2.24) is 15.2 Å². The van der Waals surface area contributed by atoms with E-state index in [1.54, 1.807) is 7.11 Å². The summed E-state index contributed by atoms with van der Waals surface area (Å²) in [6.45, 7) is 4.10. The number of fused-ring (bicyclic) bond motifs is 1. The Morgan fingerprint density at radius 1 is 1.35 bits per heavy atom. The summed E-state index contributed by atoms with van der Waals surface area (Å²) in [6.07, 6.45) is 3.87. The SMILES string of the molecule is COCC(O)CN1CCC(NCc2cccc3[nH]ccc23)CC1. The first kappa shape index (κ1) is 16.5. The molecular formula is C18H27N3O2. The minimum atomic E-state index is -0.379. The first-order valence-electron chi connectivity index (χ1n) is 8.44. The van der Waals surface area contributed by atoms with Crippen LogP contribution in [0.2, 0.25) is 0 Å².